The summed E-state index contributed by atoms with van der Waals surface area (Å²) in [7, 11) is 0. The van der Waals surface area contributed by atoms with Crippen molar-refractivity contribution < 1.29 is 14.7 Å². The van der Waals surface area contributed by atoms with Gasteiger partial charge in [-0.05, 0) is 19.1 Å². The lowest BCUT2D eigenvalue weighted by molar-refractivity contribution is -0.136. The van der Waals surface area contributed by atoms with Crippen molar-refractivity contribution in [3.8, 4) is 0 Å². The van der Waals surface area contributed by atoms with Crippen molar-refractivity contribution in [3.05, 3.63) is 34.6 Å². The van der Waals surface area contributed by atoms with Crippen molar-refractivity contribution in [1.29, 1.82) is 0 Å². The SMILES string of the molecule is CC(=O)c1ccc(Sc2nc(C)c(CC(=O)O)s2)cn1. The molecule has 2 aromatic heterocycles. The van der Waals surface area contributed by atoms with Gasteiger partial charge in [0.2, 0.25) is 0 Å². The maximum atomic E-state index is 11.1. The fourth-order valence-electron chi connectivity index (χ4n) is 1.50. The molecule has 2 rings (SSSR count). The van der Waals surface area contributed by atoms with Gasteiger partial charge in [-0.15, -0.1) is 11.3 Å². The van der Waals surface area contributed by atoms with Gasteiger partial charge < -0.3 is 5.11 Å². The number of hydrogen-bond donors (Lipinski definition) is 1. The molecule has 20 heavy (non-hydrogen) atoms. The molecule has 0 unspecified atom stereocenters. The van der Waals surface area contributed by atoms with Crippen LogP contribution in [-0.4, -0.2) is 26.8 Å². The van der Waals surface area contributed by atoms with Gasteiger partial charge in [0.15, 0.2) is 10.1 Å². The molecule has 0 radical (unpaired) electrons. The summed E-state index contributed by atoms with van der Waals surface area (Å²) in [5.41, 5.74) is 1.17. The molecule has 0 saturated heterocycles. The second kappa shape index (κ2) is 6.15. The molecule has 104 valence electrons. The topological polar surface area (TPSA) is 80.2 Å². The van der Waals surface area contributed by atoms with E-state index in [1.165, 1.54) is 30.0 Å². The summed E-state index contributed by atoms with van der Waals surface area (Å²) >= 11 is 2.78. The summed E-state index contributed by atoms with van der Waals surface area (Å²) < 4.78 is 0.774. The molecule has 0 bridgehead atoms. The van der Waals surface area contributed by atoms with Crippen molar-refractivity contribution in [3.63, 3.8) is 0 Å². The second-order valence-electron chi connectivity index (χ2n) is 4.10. The van der Waals surface area contributed by atoms with E-state index in [9.17, 15) is 9.59 Å². The Hall–Kier alpha value is -1.73. The summed E-state index contributed by atoms with van der Waals surface area (Å²) in [5, 5.41) is 8.80. The largest absolute Gasteiger partial charge is 0.481 e. The normalized spacial score (nSPS) is 10.5. The highest BCUT2D eigenvalue weighted by molar-refractivity contribution is 8.01. The molecule has 0 aromatic carbocycles. The van der Waals surface area contributed by atoms with Crippen LogP contribution in [0.25, 0.3) is 0 Å². The number of aliphatic carboxylic acids is 1. The number of carboxylic acid groups (broad SMARTS) is 1. The highest BCUT2D eigenvalue weighted by atomic mass is 32.2. The van der Waals surface area contributed by atoms with Crippen LogP contribution in [0.4, 0.5) is 0 Å². The highest BCUT2D eigenvalue weighted by Gasteiger charge is 2.12. The van der Waals surface area contributed by atoms with Crippen LogP contribution in [-0.2, 0) is 11.2 Å². The lowest BCUT2D eigenvalue weighted by Gasteiger charge is -1.98. The first kappa shape index (κ1) is 14.7. The van der Waals surface area contributed by atoms with Gasteiger partial charge in [0.1, 0.15) is 5.69 Å². The van der Waals surface area contributed by atoms with Crippen LogP contribution in [0.1, 0.15) is 28.0 Å². The van der Waals surface area contributed by atoms with Gasteiger partial charge in [0.25, 0.3) is 0 Å². The van der Waals surface area contributed by atoms with Gasteiger partial charge in [-0.1, -0.05) is 11.8 Å². The van der Waals surface area contributed by atoms with Gasteiger partial charge >= 0.3 is 5.97 Å². The first-order valence-electron chi connectivity index (χ1n) is 5.78. The van der Waals surface area contributed by atoms with Gasteiger partial charge in [0.05, 0.1) is 12.1 Å². The quantitative estimate of drug-likeness (QED) is 0.856. The monoisotopic (exact) mass is 308 g/mol. The zero-order chi connectivity index (χ0) is 14.7. The van der Waals surface area contributed by atoms with Crippen LogP contribution in [0, 0.1) is 6.92 Å². The van der Waals surface area contributed by atoms with Crippen molar-refractivity contribution in [2.24, 2.45) is 0 Å². The number of hydrogen-bond acceptors (Lipinski definition) is 6. The van der Waals surface area contributed by atoms with E-state index >= 15 is 0 Å². The number of Topliss-reactive ketones (excluding diaryl/α,β-unsaturated/α-hetero) is 1. The summed E-state index contributed by atoms with van der Waals surface area (Å²) in [6.07, 6.45) is 1.61. The third-order valence-electron chi connectivity index (χ3n) is 2.49. The Morgan fingerprint density at radius 2 is 2.15 bits per heavy atom. The average molecular weight is 308 g/mol. The van der Waals surface area contributed by atoms with E-state index in [1.807, 2.05) is 6.07 Å². The van der Waals surface area contributed by atoms with E-state index in [0.29, 0.717) is 5.69 Å². The number of aryl methyl sites for hydroxylation is 1. The van der Waals surface area contributed by atoms with Crippen molar-refractivity contribution >= 4 is 34.9 Å². The van der Waals surface area contributed by atoms with Crippen LogP contribution in [0.15, 0.2) is 27.6 Å². The molecular formula is C13H12N2O3S2. The lowest BCUT2D eigenvalue weighted by Crippen LogP contribution is -1.99. The van der Waals surface area contributed by atoms with Crippen molar-refractivity contribution in [1.82, 2.24) is 9.97 Å². The van der Waals surface area contributed by atoms with Gasteiger partial charge in [-0.25, -0.2) is 4.98 Å². The van der Waals surface area contributed by atoms with E-state index in [2.05, 4.69) is 9.97 Å². The molecule has 0 fully saturated rings. The van der Waals surface area contributed by atoms with E-state index < -0.39 is 5.97 Å². The fourth-order valence-corrected chi connectivity index (χ4v) is 3.66. The molecule has 0 atom stereocenters. The van der Waals surface area contributed by atoms with Crippen LogP contribution in [0.2, 0.25) is 0 Å². The van der Waals surface area contributed by atoms with E-state index in [4.69, 9.17) is 5.11 Å². The summed E-state index contributed by atoms with van der Waals surface area (Å²) in [6, 6.07) is 3.48. The van der Waals surface area contributed by atoms with E-state index in [1.54, 1.807) is 19.2 Å². The smallest absolute Gasteiger partial charge is 0.308 e. The number of rotatable bonds is 5. The van der Waals surface area contributed by atoms with Crippen LogP contribution in [0.5, 0.6) is 0 Å². The third kappa shape index (κ3) is 3.64. The number of carboxylic acids is 1. The molecule has 1 N–H and O–H groups in total. The Balaban J connectivity index is 2.13. The van der Waals surface area contributed by atoms with Gasteiger partial charge in [0, 0.05) is 22.9 Å². The number of carbonyl (C=O) groups is 2. The Labute approximate surface area is 124 Å². The zero-order valence-corrected chi connectivity index (χ0v) is 12.5. The van der Waals surface area contributed by atoms with Crippen LogP contribution >= 0.6 is 23.1 Å². The van der Waals surface area contributed by atoms with Crippen molar-refractivity contribution in [2.45, 2.75) is 29.5 Å². The Morgan fingerprint density at radius 1 is 1.40 bits per heavy atom. The first-order chi connectivity index (χ1) is 9.45. The minimum absolute atomic E-state index is 0.00835. The van der Waals surface area contributed by atoms with Gasteiger partial charge in [-0.3, -0.25) is 14.6 Å². The summed E-state index contributed by atoms with van der Waals surface area (Å²) in [4.78, 5) is 31.9. The fraction of sp³-hybridized carbons (Fsp3) is 0.231. The Bertz CT molecular complexity index is 650. The van der Waals surface area contributed by atoms with Gasteiger partial charge in [-0.2, -0.15) is 0 Å². The lowest BCUT2D eigenvalue weighted by atomic mass is 10.3. The molecule has 2 heterocycles. The number of thiazole rings is 1. The van der Waals surface area contributed by atoms with Crippen LogP contribution in [0.3, 0.4) is 0 Å². The number of pyridine rings is 1. The molecule has 0 aliphatic heterocycles. The molecule has 0 aliphatic rings. The molecule has 0 amide bonds. The molecule has 5 nitrogen and oxygen atoms in total. The molecular weight excluding hydrogens is 296 g/mol. The maximum Gasteiger partial charge on any atom is 0.308 e. The number of ketones is 1. The third-order valence-corrected chi connectivity index (χ3v) is 4.68. The maximum absolute atomic E-state index is 11.1. The standard InChI is InChI=1S/C13H12N2O3S2/c1-7-11(5-12(17)18)20-13(15-7)19-9-3-4-10(8(2)16)14-6-9/h3-4,6H,5H2,1-2H3,(H,17,18). The van der Waals surface area contributed by atoms with E-state index in [0.717, 1.165) is 19.8 Å². The predicted molar refractivity (Wildman–Crippen MR) is 76.6 cm³/mol. The minimum Gasteiger partial charge on any atom is -0.481 e. The summed E-state index contributed by atoms with van der Waals surface area (Å²) in [5.74, 6) is -0.934. The molecule has 0 aliphatic carbocycles. The van der Waals surface area contributed by atoms with Crippen LogP contribution < -0.4 is 0 Å². The predicted octanol–water partition coefficient (Wildman–Crippen LogP) is 2.83. The Kier molecular flexibility index (Phi) is 4.51. The Morgan fingerprint density at radius 3 is 2.70 bits per heavy atom. The molecule has 2 aromatic rings. The molecule has 0 saturated carbocycles. The minimum atomic E-state index is -0.860. The average Bonchev–Trinajstić information content (AvgIpc) is 2.69. The first-order valence-corrected chi connectivity index (χ1v) is 7.42. The summed E-state index contributed by atoms with van der Waals surface area (Å²) in [6.45, 7) is 3.27. The number of nitrogens with zero attached hydrogens (tertiary/aromatic N) is 2. The highest BCUT2D eigenvalue weighted by Crippen LogP contribution is 2.32. The number of aromatic nitrogens is 2. The molecule has 7 heteroatoms. The van der Waals surface area contributed by atoms with E-state index in [-0.39, 0.29) is 12.2 Å². The number of carbonyl (C=O) groups excluding carboxylic acids is 1. The van der Waals surface area contributed by atoms with Crippen molar-refractivity contribution in [2.75, 3.05) is 0 Å². The zero-order valence-electron chi connectivity index (χ0n) is 10.9. The second-order valence-corrected chi connectivity index (χ2v) is 6.50. The molecule has 0 spiro atoms.